The molecule has 3 nitrogen and oxygen atoms in total. The molecule has 1 atom stereocenters. The van der Waals surface area contributed by atoms with Crippen molar-refractivity contribution in [2.24, 2.45) is 0 Å². The molecule has 1 amide bonds. The fourth-order valence-electron chi connectivity index (χ4n) is 2.93. The van der Waals surface area contributed by atoms with Gasteiger partial charge in [-0.1, -0.05) is 24.3 Å². The number of hydrogen-bond acceptors (Lipinski definition) is 2. The van der Waals surface area contributed by atoms with E-state index >= 15 is 0 Å². The Morgan fingerprint density at radius 1 is 1.25 bits per heavy atom. The van der Waals surface area contributed by atoms with Gasteiger partial charge in [-0.15, -0.1) is 0 Å². The summed E-state index contributed by atoms with van der Waals surface area (Å²) in [4.78, 5) is 19.0. The number of pyridine rings is 1. The third-order valence-electron chi connectivity index (χ3n) is 4.11. The van der Waals surface area contributed by atoms with Crippen LogP contribution in [0.1, 0.15) is 31.9 Å². The Morgan fingerprint density at radius 2 is 2.10 bits per heavy atom. The summed E-state index contributed by atoms with van der Waals surface area (Å²) in [6, 6.07) is 12.4. The van der Waals surface area contributed by atoms with E-state index < -0.39 is 0 Å². The minimum atomic E-state index is 0.208. The Kier molecular flexibility index (Phi) is 3.68. The third kappa shape index (κ3) is 2.67. The van der Waals surface area contributed by atoms with Crippen LogP contribution in [0.2, 0.25) is 0 Å². The van der Waals surface area contributed by atoms with E-state index in [0.717, 1.165) is 36.0 Å². The average Bonchev–Trinajstić information content (AvgIpc) is 2.47. The second-order valence-corrected chi connectivity index (χ2v) is 5.60. The Hall–Kier alpha value is -1.90. The maximum Gasteiger partial charge on any atom is 0.228 e. The molecular formula is C17H20N2O. The second-order valence-electron chi connectivity index (χ2n) is 5.60. The number of rotatable bonds is 2. The van der Waals surface area contributed by atoms with Gasteiger partial charge in [-0.05, 0) is 38.3 Å². The summed E-state index contributed by atoms with van der Waals surface area (Å²) >= 11 is 0. The van der Waals surface area contributed by atoms with Gasteiger partial charge in [0.05, 0.1) is 17.6 Å². The average molecular weight is 268 g/mol. The fourth-order valence-corrected chi connectivity index (χ4v) is 2.93. The van der Waals surface area contributed by atoms with E-state index in [1.54, 1.807) is 0 Å². The molecule has 0 spiro atoms. The van der Waals surface area contributed by atoms with E-state index in [0.29, 0.717) is 12.5 Å². The number of piperidine rings is 1. The number of para-hydroxylation sites is 1. The van der Waals surface area contributed by atoms with Crippen molar-refractivity contribution in [3.63, 3.8) is 0 Å². The molecule has 0 bridgehead atoms. The van der Waals surface area contributed by atoms with Gasteiger partial charge in [0, 0.05) is 18.0 Å². The molecule has 1 fully saturated rings. The predicted octanol–water partition coefficient (Wildman–Crippen LogP) is 3.18. The Morgan fingerprint density at radius 3 is 2.95 bits per heavy atom. The molecule has 3 heteroatoms. The third-order valence-corrected chi connectivity index (χ3v) is 4.11. The number of amides is 1. The van der Waals surface area contributed by atoms with Crippen LogP contribution in [0.3, 0.4) is 0 Å². The van der Waals surface area contributed by atoms with Gasteiger partial charge in [-0.3, -0.25) is 9.78 Å². The van der Waals surface area contributed by atoms with Crippen LogP contribution < -0.4 is 0 Å². The zero-order valence-electron chi connectivity index (χ0n) is 11.9. The van der Waals surface area contributed by atoms with E-state index in [-0.39, 0.29) is 5.91 Å². The molecule has 1 aliphatic rings. The topological polar surface area (TPSA) is 33.2 Å². The highest BCUT2D eigenvalue weighted by Gasteiger charge is 2.23. The lowest BCUT2D eigenvalue weighted by atomic mass is 10.0. The Bertz CT molecular complexity index is 623. The highest BCUT2D eigenvalue weighted by Crippen LogP contribution is 2.18. The van der Waals surface area contributed by atoms with Crippen LogP contribution >= 0.6 is 0 Å². The molecule has 0 N–H and O–H groups in total. The predicted molar refractivity (Wildman–Crippen MR) is 80.5 cm³/mol. The zero-order chi connectivity index (χ0) is 13.9. The maximum atomic E-state index is 12.4. The SMILES string of the molecule is CC1CCCCN1C(=O)Cc1ccc2ccccc2n1. The molecule has 1 aromatic carbocycles. The molecule has 1 unspecified atom stereocenters. The van der Waals surface area contributed by atoms with Gasteiger partial charge in [0.1, 0.15) is 0 Å². The van der Waals surface area contributed by atoms with Crippen LogP contribution in [0, 0.1) is 0 Å². The first-order chi connectivity index (χ1) is 9.74. The van der Waals surface area contributed by atoms with Gasteiger partial charge < -0.3 is 4.90 Å². The first-order valence-corrected chi connectivity index (χ1v) is 7.38. The van der Waals surface area contributed by atoms with Gasteiger partial charge in [-0.25, -0.2) is 0 Å². The zero-order valence-corrected chi connectivity index (χ0v) is 11.9. The monoisotopic (exact) mass is 268 g/mol. The first kappa shape index (κ1) is 13.1. The van der Waals surface area contributed by atoms with Crippen LogP contribution in [0.25, 0.3) is 10.9 Å². The number of aromatic nitrogens is 1. The lowest BCUT2D eigenvalue weighted by Gasteiger charge is -2.33. The normalized spacial score (nSPS) is 19.2. The number of carbonyl (C=O) groups excluding carboxylic acids is 1. The molecule has 0 saturated carbocycles. The van der Waals surface area contributed by atoms with Gasteiger partial charge in [-0.2, -0.15) is 0 Å². The molecule has 2 heterocycles. The van der Waals surface area contributed by atoms with Crippen LogP contribution in [0.15, 0.2) is 36.4 Å². The Balaban J connectivity index is 1.76. The lowest BCUT2D eigenvalue weighted by Crippen LogP contribution is -2.42. The van der Waals surface area contributed by atoms with Crippen LogP contribution in [-0.2, 0) is 11.2 Å². The first-order valence-electron chi connectivity index (χ1n) is 7.38. The van der Waals surface area contributed by atoms with Crippen molar-refractivity contribution in [2.75, 3.05) is 6.54 Å². The van der Waals surface area contributed by atoms with Crippen molar-refractivity contribution in [3.05, 3.63) is 42.1 Å². The summed E-state index contributed by atoms with van der Waals surface area (Å²) in [7, 11) is 0. The molecule has 104 valence electrons. The molecule has 2 aromatic rings. The quantitative estimate of drug-likeness (QED) is 0.838. The van der Waals surface area contributed by atoms with Crippen molar-refractivity contribution in [2.45, 2.75) is 38.6 Å². The summed E-state index contributed by atoms with van der Waals surface area (Å²) in [5.74, 6) is 0.208. The minimum Gasteiger partial charge on any atom is -0.340 e. The highest BCUT2D eigenvalue weighted by molar-refractivity contribution is 5.81. The van der Waals surface area contributed by atoms with Gasteiger partial charge in [0.25, 0.3) is 0 Å². The molecule has 0 aliphatic carbocycles. The number of nitrogens with zero attached hydrogens (tertiary/aromatic N) is 2. The van der Waals surface area contributed by atoms with Crippen molar-refractivity contribution < 1.29 is 4.79 Å². The standard InChI is InChI=1S/C17H20N2O/c1-13-6-4-5-11-19(13)17(20)12-15-10-9-14-7-2-3-8-16(14)18-15/h2-3,7-10,13H,4-6,11-12H2,1H3. The Labute approximate surface area is 119 Å². The van der Waals surface area contributed by atoms with Gasteiger partial charge in [0.2, 0.25) is 5.91 Å². The van der Waals surface area contributed by atoms with Gasteiger partial charge >= 0.3 is 0 Å². The number of hydrogen-bond donors (Lipinski definition) is 0. The molecule has 1 aliphatic heterocycles. The summed E-state index contributed by atoms with van der Waals surface area (Å²) in [5, 5.41) is 1.12. The summed E-state index contributed by atoms with van der Waals surface area (Å²) in [6.45, 7) is 3.04. The molecule has 20 heavy (non-hydrogen) atoms. The number of fused-ring (bicyclic) bond motifs is 1. The molecule has 3 rings (SSSR count). The maximum absolute atomic E-state index is 12.4. The van der Waals surface area contributed by atoms with Crippen LogP contribution in [0.4, 0.5) is 0 Å². The summed E-state index contributed by atoms with van der Waals surface area (Å²) in [6.07, 6.45) is 3.90. The highest BCUT2D eigenvalue weighted by atomic mass is 16.2. The smallest absolute Gasteiger partial charge is 0.228 e. The van der Waals surface area contributed by atoms with Crippen molar-refractivity contribution >= 4 is 16.8 Å². The van der Waals surface area contributed by atoms with E-state index in [1.165, 1.54) is 6.42 Å². The van der Waals surface area contributed by atoms with E-state index in [2.05, 4.69) is 11.9 Å². The lowest BCUT2D eigenvalue weighted by molar-refractivity contribution is -0.133. The van der Waals surface area contributed by atoms with Crippen molar-refractivity contribution in [3.8, 4) is 0 Å². The number of benzene rings is 1. The van der Waals surface area contributed by atoms with E-state index in [4.69, 9.17) is 0 Å². The minimum absolute atomic E-state index is 0.208. The van der Waals surface area contributed by atoms with Gasteiger partial charge in [0.15, 0.2) is 0 Å². The van der Waals surface area contributed by atoms with Crippen LogP contribution in [-0.4, -0.2) is 28.4 Å². The molecule has 1 aromatic heterocycles. The summed E-state index contributed by atoms with van der Waals surface area (Å²) in [5.41, 5.74) is 1.83. The molecule has 0 radical (unpaired) electrons. The van der Waals surface area contributed by atoms with Crippen LogP contribution in [0.5, 0.6) is 0 Å². The largest absolute Gasteiger partial charge is 0.340 e. The fraction of sp³-hybridized carbons (Fsp3) is 0.412. The molecule has 1 saturated heterocycles. The van der Waals surface area contributed by atoms with Crippen molar-refractivity contribution in [1.29, 1.82) is 0 Å². The van der Waals surface area contributed by atoms with E-state index in [1.807, 2.05) is 41.3 Å². The van der Waals surface area contributed by atoms with Crippen molar-refractivity contribution in [1.82, 2.24) is 9.88 Å². The summed E-state index contributed by atoms with van der Waals surface area (Å²) < 4.78 is 0. The number of likely N-dealkylation sites (tertiary alicyclic amines) is 1. The second kappa shape index (κ2) is 5.61. The molecular weight excluding hydrogens is 248 g/mol. The number of carbonyl (C=O) groups is 1. The van der Waals surface area contributed by atoms with E-state index in [9.17, 15) is 4.79 Å².